The number of amides is 2. The summed E-state index contributed by atoms with van der Waals surface area (Å²) in [6.07, 6.45) is -8.12. The van der Waals surface area contributed by atoms with E-state index in [9.17, 15) is 22.8 Å². The van der Waals surface area contributed by atoms with Crippen LogP contribution in [0.1, 0.15) is 79.2 Å². The third-order valence-electron chi connectivity index (χ3n) is 12.1. The second-order valence-electron chi connectivity index (χ2n) is 18.9. The topological polar surface area (TPSA) is 135 Å². The van der Waals surface area contributed by atoms with Crippen LogP contribution < -0.4 is 20.7 Å². The van der Waals surface area contributed by atoms with Gasteiger partial charge in [-0.3, -0.25) is 15.1 Å². The molecule has 12 nitrogen and oxygen atoms in total. The van der Waals surface area contributed by atoms with Crippen molar-refractivity contribution >= 4 is 61.0 Å². The summed E-state index contributed by atoms with van der Waals surface area (Å²) >= 11 is 0.607. The Kier molecular flexibility index (Phi) is 11.2. The van der Waals surface area contributed by atoms with E-state index in [1.54, 1.807) is 41.5 Å². The average Bonchev–Trinajstić information content (AvgIpc) is 3.86. The largest absolute Gasteiger partial charge is 0.461 e. The number of piperazine rings is 1. The maximum atomic E-state index is 17.7. The number of rotatable bonds is 7. The lowest BCUT2D eigenvalue weighted by Crippen LogP contribution is -2.63. The number of nitrogens with zero attached hydrogens (tertiary/aromatic N) is 5. The molecule has 8 rings (SSSR count). The van der Waals surface area contributed by atoms with Gasteiger partial charge in [0.25, 0.3) is 6.08 Å². The first kappa shape index (κ1) is 45.4. The van der Waals surface area contributed by atoms with Crippen LogP contribution in [0.15, 0.2) is 30.4 Å². The van der Waals surface area contributed by atoms with Crippen molar-refractivity contribution in [3.05, 3.63) is 47.6 Å². The molecule has 0 aliphatic carbocycles. The molecule has 2 aromatic heterocycles. The van der Waals surface area contributed by atoms with Crippen LogP contribution in [-0.2, 0) is 15.7 Å². The van der Waals surface area contributed by atoms with Gasteiger partial charge in [-0.1, -0.05) is 6.07 Å². The Balaban J connectivity index is 1.32. The molecule has 4 atom stereocenters. The number of nitrogens with one attached hydrogen (secondary N) is 1. The van der Waals surface area contributed by atoms with Crippen LogP contribution in [0.2, 0.25) is 0 Å². The molecule has 64 heavy (non-hydrogen) atoms. The lowest BCUT2D eigenvalue weighted by molar-refractivity contribution is -0.137. The Labute approximate surface area is 366 Å². The summed E-state index contributed by atoms with van der Waals surface area (Å²) < 4.78 is 140. The minimum atomic E-state index is -5.29. The van der Waals surface area contributed by atoms with Gasteiger partial charge in [-0.2, -0.15) is 31.9 Å². The number of nitrogen functional groups attached to an aromatic ring is 1. The zero-order chi connectivity index (χ0) is 46.5. The summed E-state index contributed by atoms with van der Waals surface area (Å²) in [7, 11) is 0. The van der Waals surface area contributed by atoms with Crippen molar-refractivity contribution in [1.29, 1.82) is 0 Å². The summed E-state index contributed by atoms with van der Waals surface area (Å²) in [6.45, 7) is 9.68. The van der Waals surface area contributed by atoms with E-state index >= 15 is 22.0 Å². The Bertz CT molecular complexity index is 2570. The molecule has 0 saturated carbocycles. The van der Waals surface area contributed by atoms with Crippen molar-refractivity contribution in [2.24, 2.45) is 0 Å². The molecule has 3 N–H and O–H groups in total. The molecule has 4 aliphatic rings. The number of fused-ring (bicyclic) bond motifs is 5. The molecule has 2 unspecified atom stereocenters. The molecule has 4 aromatic rings. The minimum absolute atomic E-state index is 0.0274. The molecular formula is C43H47F8N7O5S. The molecule has 21 heteroatoms. The molecule has 0 radical (unpaired) electrons. The number of ether oxygens (including phenoxy) is 3. The van der Waals surface area contributed by atoms with Gasteiger partial charge in [0.2, 0.25) is 0 Å². The summed E-state index contributed by atoms with van der Waals surface area (Å²) in [5, 5.41) is 1.44. The van der Waals surface area contributed by atoms with Crippen LogP contribution in [0, 0.1) is 11.6 Å². The minimum Gasteiger partial charge on any atom is -0.461 e. The molecule has 2 aromatic carbocycles. The number of benzene rings is 2. The molecule has 0 spiro atoms. The van der Waals surface area contributed by atoms with E-state index in [2.05, 4.69) is 15.3 Å². The molecule has 2 amide bonds. The van der Waals surface area contributed by atoms with Crippen molar-refractivity contribution in [2.45, 2.75) is 114 Å². The normalized spacial score (nSPS) is 23.8. The maximum absolute atomic E-state index is 17.7. The molecule has 346 valence electrons. The monoisotopic (exact) mass is 925 g/mol. The van der Waals surface area contributed by atoms with Crippen molar-refractivity contribution in [1.82, 2.24) is 19.8 Å². The van der Waals surface area contributed by atoms with Crippen molar-refractivity contribution in [3.8, 4) is 17.1 Å². The number of thiophene rings is 1. The van der Waals surface area contributed by atoms with Gasteiger partial charge in [0.05, 0.1) is 33.1 Å². The van der Waals surface area contributed by atoms with Gasteiger partial charge in [0.1, 0.15) is 46.1 Å². The van der Waals surface area contributed by atoms with Crippen LogP contribution in [-0.4, -0.2) is 99.2 Å². The number of alkyl halides is 4. The highest BCUT2D eigenvalue weighted by atomic mass is 32.1. The molecule has 2 bridgehead atoms. The first-order valence-corrected chi connectivity index (χ1v) is 21.6. The Morgan fingerprint density at radius 1 is 1.03 bits per heavy atom. The fourth-order valence-corrected chi connectivity index (χ4v) is 10.8. The number of carbonyl (C=O) groups excluding carboxylic acids is 2. The number of nitrogens with two attached hydrogens (primary N) is 1. The lowest BCUT2D eigenvalue weighted by Gasteiger charge is -2.48. The second kappa shape index (κ2) is 15.8. The van der Waals surface area contributed by atoms with Crippen molar-refractivity contribution < 1.29 is 58.9 Å². The van der Waals surface area contributed by atoms with Crippen molar-refractivity contribution in [3.63, 3.8) is 0 Å². The number of anilines is 3. The smallest absolute Gasteiger partial charge is 0.417 e. The van der Waals surface area contributed by atoms with Crippen LogP contribution in [0.4, 0.5) is 61.2 Å². The van der Waals surface area contributed by atoms with Crippen molar-refractivity contribution in [2.75, 3.05) is 48.7 Å². The third-order valence-corrected chi connectivity index (χ3v) is 13.2. The van der Waals surface area contributed by atoms with Gasteiger partial charge < -0.3 is 24.8 Å². The molecule has 4 aliphatic heterocycles. The van der Waals surface area contributed by atoms with E-state index in [1.807, 2.05) is 4.90 Å². The van der Waals surface area contributed by atoms with E-state index in [-0.39, 0.29) is 65.6 Å². The number of hydrogen-bond acceptors (Lipinski definition) is 11. The quantitative estimate of drug-likeness (QED) is 0.173. The molecule has 6 heterocycles. The molecular weight excluding hydrogens is 879 g/mol. The fraction of sp³-hybridized carbons (Fsp3) is 0.535. The highest BCUT2D eigenvalue weighted by molar-refractivity contribution is 7.24. The lowest BCUT2D eigenvalue weighted by atomic mass is 9.92. The van der Waals surface area contributed by atoms with Crippen LogP contribution >= 0.6 is 11.3 Å². The summed E-state index contributed by atoms with van der Waals surface area (Å²) in [6, 6.07) is 1.13. The van der Waals surface area contributed by atoms with Crippen LogP contribution in [0.25, 0.3) is 32.1 Å². The Hall–Kier alpha value is -5.18. The first-order chi connectivity index (χ1) is 29.8. The van der Waals surface area contributed by atoms with E-state index in [4.69, 9.17) is 19.9 Å². The predicted molar refractivity (Wildman–Crippen MR) is 224 cm³/mol. The van der Waals surface area contributed by atoms with Gasteiger partial charge >= 0.3 is 24.4 Å². The third kappa shape index (κ3) is 8.33. The first-order valence-electron chi connectivity index (χ1n) is 20.7. The van der Waals surface area contributed by atoms with Gasteiger partial charge in [-0.05, 0) is 91.5 Å². The van der Waals surface area contributed by atoms with E-state index in [1.165, 1.54) is 9.80 Å². The molecule has 4 saturated heterocycles. The zero-order valence-electron chi connectivity index (χ0n) is 35.8. The number of aromatic nitrogens is 2. The standard InChI is InChI=1S/C43H47F8N7O5S/c1-39(2,3)62-37(59)55-35-31(52)29-23(8-9-26(45)33(29)64-35)28-25(43(49,50)51)14-24-32(30(28)48)53-36(61-20-42-11-7-13-57(42)17-21(44)15-42)54-34(24)56-18-22-10-12-41(19-56,16-27(46)47)58(22)38(60)63-40(4,5)6/h8-9,14,16,21-22H,7,10-13,15,17-20,52H2,1-6H3,(H,55,59)/t21-,22?,41?,42+/m1/s1. The number of carbonyl (C=O) groups is 2. The van der Waals surface area contributed by atoms with Gasteiger partial charge in [0, 0.05) is 48.5 Å². The van der Waals surface area contributed by atoms with E-state index in [0.29, 0.717) is 36.4 Å². The fourth-order valence-electron chi connectivity index (χ4n) is 9.72. The zero-order valence-corrected chi connectivity index (χ0v) is 36.6. The number of halogens is 8. The predicted octanol–water partition coefficient (Wildman–Crippen LogP) is 10.4. The van der Waals surface area contributed by atoms with Gasteiger partial charge in [-0.25, -0.2) is 22.8 Å². The van der Waals surface area contributed by atoms with E-state index < -0.39 is 111 Å². The molecule has 4 fully saturated rings. The summed E-state index contributed by atoms with van der Waals surface area (Å²) in [5.74, 6) is -2.75. The van der Waals surface area contributed by atoms with E-state index in [0.717, 1.165) is 18.6 Å². The second-order valence-corrected chi connectivity index (χ2v) is 20.0. The van der Waals surface area contributed by atoms with Gasteiger partial charge in [0.15, 0.2) is 5.82 Å². The average molecular weight is 926 g/mol. The summed E-state index contributed by atoms with van der Waals surface area (Å²) in [4.78, 5) is 39.8. The van der Waals surface area contributed by atoms with Crippen LogP contribution in [0.5, 0.6) is 6.01 Å². The SMILES string of the molecule is CC(C)(C)OC(=O)Nc1sc2c(F)ccc(-c3c(C(F)(F)F)cc4c(N5CC6CCC(C=C(F)F)(C5)N6C(=O)OC(C)(C)C)nc(OC[C@@]56CCCN5C[C@H](F)C6)nc4c3F)c2c1N. The van der Waals surface area contributed by atoms with Gasteiger partial charge in [-0.15, -0.1) is 11.3 Å². The highest BCUT2D eigenvalue weighted by Crippen LogP contribution is 2.51. The maximum Gasteiger partial charge on any atom is 0.417 e. The Morgan fingerprint density at radius 3 is 2.42 bits per heavy atom. The Morgan fingerprint density at radius 2 is 1.75 bits per heavy atom. The highest BCUT2D eigenvalue weighted by Gasteiger charge is 2.55. The summed E-state index contributed by atoms with van der Waals surface area (Å²) in [5.41, 5.74) is -2.12. The number of hydrogen-bond donors (Lipinski definition) is 2. The van der Waals surface area contributed by atoms with Crippen LogP contribution in [0.3, 0.4) is 0 Å².